The fraction of sp³-hybridized carbons (Fsp3) is 0.250. The average Bonchev–Trinajstić information content (AvgIpc) is 2.19. The number of benzene rings is 1. The van der Waals surface area contributed by atoms with E-state index in [1.165, 1.54) is 0 Å². The number of nitrogens with two attached hydrogens (primary N) is 1. The van der Waals surface area contributed by atoms with Gasteiger partial charge in [0.1, 0.15) is 0 Å². The van der Waals surface area contributed by atoms with Crippen LogP contribution in [-0.4, -0.2) is 5.78 Å². The molecule has 2 N–H and O–H groups in total. The molecular formula is C12H17NO. The van der Waals surface area contributed by atoms with Crippen LogP contribution in [-0.2, 0) is 6.54 Å². The summed E-state index contributed by atoms with van der Waals surface area (Å²) >= 11 is 0. The molecule has 0 atom stereocenters. The highest BCUT2D eigenvalue weighted by Gasteiger charge is 1.96. The van der Waals surface area contributed by atoms with Crippen LogP contribution in [0, 0.1) is 0 Å². The number of hydrogen-bond acceptors (Lipinski definition) is 2. The fourth-order valence-electron chi connectivity index (χ4n) is 0.876. The number of carbonyl (C=O) groups excluding carboxylic acids is 1. The lowest BCUT2D eigenvalue weighted by Crippen LogP contribution is -1.97. The Morgan fingerprint density at radius 3 is 2.14 bits per heavy atom. The van der Waals surface area contributed by atoms with Crippen molar-refractivity contribution < 1.29 is 4.79 Å². The molecule has 1 aromatic rings. The topological polar surface area (TPSA) is 43.1 Å². The van der Waals surface area contributed by atoms with Gasteiger partial charge in [-0.1, -0.05) is 30.3 Å². The molecule has 0 fully saturated rings. The van der Waals surface area contributed by atoms with Crippen molar-refractivity contribution in [3.63, 3.8) is 0 Å². The molecule has 76 valence electrons. The van der Waals surface area contributed by atoms with E-state index in [0.29, 0.717) is 6.54 Å². The molecule has 0 amide bonds. The number of hydrogen-bond donors (Lipinski definition) is 1. The van der Waals surface area contributed by atoms with Crippen molar-refractivity contribution in [2.75, 3.05) is 0 Å². The van der Waals surface area contributed by atoms with Crippen molar-refractivity contribution in [3.05, 3.63) is 48.0 Å². The third-order valence-electron chi connectivity index (χ3n) is 1.60. The molecule has 14 heavy (non-hydrogen) atoms. The zero-order valence-electron chi connectivity index (χ0n) is 8.79. The number of allylic oxidation sites excluding steroid dienone is 1. The van der Waals surface area contributed by atoms with Crippen LogP contribution < -0.4 is 5.73 Å². The smallest absolute Gasteiger partial charge is 0.159 e. The van der Waals surface area contributed by atoms with Gasteiger partial charge < -0.3 is 5.73 Å². The van der Waals surface area contributed by atoms with Gasteiger partial charge in [-0.15, -0.1) is 6.58 Å². The Balaban J connectivity index is 0.000000500. The molecule has 2 nitrogen and oxygen atoms in total. The van der Waals surface area contributed by atoms with Gasteiger partial charge in [-0.2, -0.15) is 0 Å². The Morgan fingerprint density at radius 2 is 1.86 bits per heavy atom. The lowest BCUT2D eigenvalue weighted by Gasteiger charge is -1.97. The van der Waals surface area contributed by atoms with Crippen LogP contribution in [0.5, 0.6) is 0 Å². The minimum absolute atomic E-state index is 0.0913. The maximum Gasteiger partial charge on any atom is 0.159 e. The van der Waals surface area contributed by atoms with Crippen molar-refractivity contribution in [1.29, 1.82) is 0 Å². The largest absolute Gasteiger partial charge is 0.326 e. The van der Waals surface area contributed by atoms with Crippen LogP contribution in [0.2, 0.25) is 0 Å². The monoisotopic (exact) mass is 191 g/mol. The predicted octanol–water partition coefficient (Wildman–Crippen LogP) is 2.54. The second-order valence-electron chi connectivity index (χ2n) is 2.87. The third-order valence-corrected chi connectivity index (χ3v) is 1.60. The van der Waals surface area contributed by atoms with Crippen LogP contribution in [0.3, 0.4) is 0 Å². The van der Waals surface area contributed by atoms with Gasteiger partial charge in [-0.3, -0.25) is 4.79 Å². The Bertz CT molecular complexity index is 288. The zero-order valence-corrected chi connectivity index (χ0v) is 8.79. The predicted molar refractivity (Wildman–Crippen MR) is 60.2 cm³/mol. The van der Waals surface area contributed by atoms with Gasteiger partial charge in [-0.05, 0) is 19.4 Å². The van der Waals surface area contributed by atoms with Crippen LogP contribution in [0.15, 0.2) is 36.9 Å². The zero-order chi connectivity index (χ0) is 11.0. The van der Waals surface area contributed by atoms with Crippen LogP contribution in [0.4, 0.5) is 0 Å². The molecule has 0 aliphatic heterocycles. The molecule has 1 rings (SSSR count). The molecule has 0 aliphatic rings. The van der Waals surface area contributed by atoms with Crippen molar-refractivity contribution in [2.24, 2.45) is 5.73 Å². The van der Waals surface area contributed by atoms with E-state index in [1.54, 1.807) is 25.1 Å². The molecule has 0 bridgehead atoms. The summed E-state index contributed by atoms with van der Waals surface area (Å²) < 4.78 is 0. The van der Waals surface area contributed by atoms with E-state index in [9.17, 15) is 4.79 Å². The first-order valence-corrected chi connectivity index (χ1v) is 4.52. The first-order chi connectivity index (χ1) is 6.65. The molecule has 0 saturated heterocycles. The van der Waals surface area contributed by atoms with Gasteiger partial charge in [0.2, 0.25) is 0 Å². The van der Waals surface area contributed by atoms with Crippen LogP contribution in [0.1, 0.15) is 29.8 Å². The second-order valence-corrected chi connectivity index (χ2v) is 2.87. The number of Topliss-reactive ketones (excluding diaryl/α,β-unsaturated/α-hetero) is 1. The van der Waals surface area contributed by atoms with E-state index in [0.717, 1.165) is 11.1 Å². The molecule has 0 spiro atoms. The van der Waals surface area contributed by atoms with Crippen molar-refractivity contribution in [2.45, 2.75) is 20.4 Å². The molecule has 0 unspecified atom stereocenters. The summed E-state index contributed by atoms with van der Waals surface area (Å²) in [7, 11) is 0. The van der Waals surface area contributed by atoms with Crippen molar-refractivity contribution in [1.82, 2.24) is 0 Å². The molecule has 0 saturated carbocycles. The van der Waals surface area contributed by atoms with E-state index in [4.69, 9.17) is 5.73 Å². The normalized spacial score (nSPS) is 8.50. The number of rotatable bonds is 2. The molecule has 0 aromatic heterocycles. The highest BCUT2D eigenvalue weighted by Crippen LogP contribution is 2.03. The molecule has 0 radical (unpaired) electrons. The van der Waals surface area contributed by atoms with Crippen molar-refractivity contribution in [3.8, 4) is 0 Å². The van der Waals surface area contributed by atoms with E-state index in [-0.39, 0.29) is 5.78 Å². The summed E-state index contributed by atoms with van der Waals surface area (Å²) in [5.74, 6) is 0.0913. The van der Waals surface area contributed by atoms with E-state index < -0.39 is 0 Å². The Kier molecular flexibility index (Phi) is 6.33. The minimum atomic E-state index is 0.0913. The Labute approximate surface area is 85.4 Å². The molecule has 2 heteroatoms. The molecular weight excluding hydrogens is 174 g/mol. The second kappa shape index (κ2) is 7.04. The van der Waals surface area contributed by atoms with E-state index in [1.807, 2.05) is 19.1 Å². The number of ketones is 1. The van der Waals surface area contributed by atoms with Crippen LogP contribution in [0.25, 0.3) is 0 Å². The highest BCUT2D eigenvalue weighted by atomic mass is 16.1. The summed E-state index contributed by atoms with van der Waals surface area (Å²) in [5.41, 5.74) is 7.18. The van der Waals surface area contributed by atoms with Gasteiger partial charge in [0.25, 0.3) is 0 Å². The standard InChI is InChI=1S/C9H11NO.C3H6/c1-7(11)9-4-2-8(6-10)3-5-9;1-3-2/h2-5H,6,10H2,1H3;3H,1H2,2H3. The first kappa shape index (κ1) is 12.6. The summed E-state index contributed by atoms with van der Waals surface area (Å²) in [6.45, 7) is 7.33. The third kappa shape index (κ3) is 4.58. The Morgan fingerprint density at radius 1 is 1.43 bits per heavy atom. The molecule has 0 aliphatic carbocycles. The number of carbonyl (C=O) groups is 1. The van der Waals surface area contributed by atoms with Gasteiger partial charge in [-0.25, -0.2) is 0 Å². The average molecular weight is 191 g/mol. The van der Waals surface area contributed by atoms with E-state index in [2.05, 4.69) is 6.58 Å². The lowest BCUT2D eigenvalue weighted by atomic mass is 10.1. The summed E-state index contributed by atoms with van der Waals surface area (Å²) in [4.78, 5) is 10.8. The summed E-state index contributed by atoms with van der Waals surface area (Å²) in [5, 5.41) is 0. The highest BCUT2D eigenvalue weighted by molar-refractivity contribution is 5.93. The molecule has 0 heterocycles. The minimum Gasteiger partial charge on any atom is -0.326 e. The lowest BCUT2D eigenvalue weighted by molar-refractivity contribution is 0.101. The Hall–Kier alpha value is -1.41. The molecule has 1 aromatic carbocycles. The van der Waals surface area contributed by atoms with Gasteiger partial charge in [0.05, 0.1) is 0 Å². The van der Waals surface area contributed by atoms with Crippen LogP contribution >= 0.6 is 0 Å². The fourth-order valence-corrected chi connectivity index (χ4v) is 0.876. The maximum atomic E-state index is 10.8. The van der Waals surface area contributed by atoms with Gasteiger partial charge in [0.15, 0.2) is 5.78 Å². The summed E-state index contributed by atoms with van der Waals surface area (Å²) in [6, 6.07) is 7.34. The quantitative estimate of drug-likeness (QED) is 0.576. The van der Waals surface area contributed by atoms with Gasteiger partial charge >= 0.3 is 0 Å². The van der Waals surface area contributed by atoms with E-state index >= 15 is 0 Å². The van der Waals surface area contributed by atoms with Gasteiger partial charge in [0, 0.05) is 12.1 Å². The maximum absolute atomic E-state index is 10.8. The summed E-state index contributed by atoms with van der Waals surface area (Å²) in [6.07, 6.45) is 1.75. The SMILES string of the molecule is C=CC.CC(=O)c1ccc(CN)cc1. The van der Waals surface area contributed by atoms with Crippen molar-refractivity contribution >= 4 is 5.78 Å². The first-order valence-electron chi connectivity index (χ1n) is 4.52.